The summed E-state index contributed by atoms with van der Waals surface area (Å²) in [4.78, 5) is 4.33. The molecule has 0 N–H and O–H groups in total. The highest BCUT2D eigenvalue weighted by Crippen LogP contribution is 2.18. The Labute approximate surface area is 98.7 Å². The summed E-state index contributed by atoms with van der Waals surface area (Å²) in [6.45, 7) is 0.424. The first-order valence-corrected chi connectivity index (χ1v) is 5.42. The Morgan fingerprint density at radius 1 is 1.12 bits per heavy atom. The Bertz CT molecular complexity index is 617. The molecule has 0 saturated heterocycles. The highest BCUT2D eigenvalue weighted by molar-refractivity contribution is 5.79. The maximum Gasteiger partial charge on any atom is 0.146 e. The summed E-state index contributed by atoms with van der Waals surface area (Å²) < 4.78 is 10.8. The first-order chi connectivity index (χ1) is 8.42. The van der Waals surface area contributed by atoms with Crippen LogP contribution < -0.4 is 4.74 Å². The molecule has 2 aromatic heterocycles. The highest BCUT2D eigenvalue weighted by atomic mass is 16.5. The van der Waals surface area contributed by atoms with E-state index in [1.165, 1.54) is 0 Å². The summed E-state index contributed by atoms with van der Waals surface area (Å²) in [7, 11) is 0. The molecule has 0 aliphatic rings. The molecule has 0 fully saturated rings. The molecule has 0 atom stereocenters. The summed E-state index contributed by atoms with van der Waals surface area (Å²) in [6, 6.07) is 13.7. The molecule has 3 heteroatoms. The molecule has 0 amide bonds. The zero-order valence-corrected chi connectivity index (χ0v) is 9.17. The summed E-state index contributed by atoms with van der Waals surface area (Å²) in [5.74, 6) is 1.55. The van der Waals surface area contributed by atoms with Crippen LogP contribution >= 0.6 is 0 Å². The molecule has 0 spiro atoms. The van der Waals surface area contributed by atoms with Crippen molar-refractivity contribution < 1.29 is 9.15 Å². The van der Waals surface area contributed by atoms with Crippen molar-refractivity contribution in [2.45, 2.75) is 6.61 Å². The second kappa shape index (κ2) is 4.29. The van der Waals surface area contributed by atoms with Crippen LogP contribution in [0.3, 0.4) is 0 Å². The van der Waals surface area contributed by atoms with Crippen molar-refractivity contribution in [3.63, 3.8) is 0 Å². The van der Waals surface area contributed by atoms with Gasteiger partial charge in [0, 0.05) is 5.39 Å². The fourth-order valence-corrected chi connectivity index (χ4v) is 1.68. The molecular formula is C14H11NO2. The Morgan fingerprint density at radius 2 is 2.06 bits per heavy atom. The molecule has 2 heterocycles. The quantitative estimate of drug-likeness (QED) is 0.685. The van der Waals surface area contributed by atoms with Crippen molar-refractivity contribution in [1.29, 1.82) is 0 Å². The number of hydrogen-bond donors (Lipinski definition) is 0. The van der Waals surface area contributed by atoms with Gasteiger partial charge in [0.1, 0.15) is 18.1 Å². The Balaban J connectivity index is 1.81. The molecule has 0 aliphatic carbocycles. The first-order valence-electron chi connectivity index (χ1n) is 5.42. The molecule has 3 rings (SSSR count). The molecule has 0 unspecified atom stereocenters. The van der Waals surface area contributed by atoms with Gasteiger partial charge in [-0.1, -0.05) is 18.2 Å². The minimum Gasteiger partial charge on any atom is -0.484 e. The van der Waals surface area contributed by atoms with Crippen LogP contribution in [0.1, 0.15) is 5.76 Å². The van der Waals surface area contributed by atoms with Gasteiger partial charge in [-0.15, -0.1) is 0 Å². The van der Waals surface area contributed by atoms with Gasteiger partial charge in [0.15, 0.2) is 0 Å². The number of nitrogens with zero attached hydrogens (tertiary/aromatic N) is 1. The van der Waals surface area contributed by atoms with Crippen molar-refractivity contribution in [3.8, 4) is 5.75 Å². The van der Waals surface area contributed by atoms with Gasteiger partial charge in [-0.2, -0.15) is 0 Å². The normalized spacial score (nSPS) is 10.6. The standard InChI is InChI=1S/C14H11NO2/c1-2-6-14-11(4-1)8-13(9-15-14)17-10-12-5-3-7-16-12/h1-9H,10H2. The monoisotopic (exact) mass is 225 g/mol. The molecule has 3 aromatic rings. The lowest BCUT2D eigenvalue weighted by Gasteiger charge is -2.04. The third kappa shape index (κ3) is 2.13. The maximum absolute atomic E-state index is 5.60. The van der Waals surface area contributed by atoms with Crippen LogP contribution in [0.5, 0.6) is 5.75 Å². The number of benzene rings is 1. The predicted molar refractivity (Wildman–Crippen MR) is 64.8 cm³/mol. The highest BCUT2D eigenvalue weighted by Gasteiger charge is 2.00. The van der Waals surface area contributed by atoms with E-state index in [1.807, 2.05) is 42.5 Å². The molecule has 1 aromatic carbocycles. The number of ether oxygens (including phenoxy) is 1. The average Bonchev–Trinajstić information content (AvgIpc) is 2.89. The van der Waals surface area contributed by atoms with Crippen LogP contribution in [0.15, 0.2) is 59.3 Å². The van der Waals surface area contributed by atoms with Gasteiger partial charge in [-0.05, 0) is 24.3 Å². The van der Waals surface area contributed by atoms with E-state index in [0.717, 1.165) is 22.4 Å². The van der Waals surface area contributed by atoms with Gasteiger partial charge in [0.05, 0.1) is 18.0 Å². The number of pyridine rings is 1. The zero-order valence-electron chi connectivity index (χ0n) is 9.17. The smallest absolute Gasteiger partial charge is 0.146 e. The predicted octanol–water partition coefficient (Wildman–Crippen LogP) is 3.41. The third-order valence-corrected chi connectivity index (χ3v) is 2.53. The number of rotatable bonds is 3. The molecular weight excluding hydrogens is 214 g/mol. The number of fused-ring (bicyclic) bond motifs is 1. The fraction of sp³-hybridized carbons (Fsp3) is 0.0714. The van der Waals surface area contributed by atoms with Crippen LogP contribution in [0.2, 0.25) is 0 Å². The summed E-state index contributed by atoms with van der Waals surface area (Å²) in [5, 5.41) is 1.07. The molecule has 0 bridgehead atoms. The molecule has 3 nitrogen and oxygen atoms in total. The van der Waals surface area contributed by atoms with Gasteiger partial charge in [0.2, 0.25) is 0 Å². The van der Waals surface area contributed by atoms with Crippen molar-refractivity contribution in [3.05, 3.63) is 60.7 Å². The summed E-state index contributed by atoms with van der Waals surface area (Å²) in [5.41, 5.74) is 0.970. The zero-order chi connectivity index (χ0) is 11.5. The first kappa shape index (κ1) is 9.90. The van der Waals surface area contributed by atoms with Gasteiger partial charge in [-0.3, -0.25) is 4.98 Å². The second-order valence-corrected chi connectivity index (χ2v) is 3.73. The Hall–Kier alpha value is -2.29. The van der Waals surface area contributed by atoms with Crippen molar-refractivity contribution in [2.24, 2.45) is 0 Å². The van der Waals surface area contributed by atoms with E-state index in [4.69, 9.17) is 9.15 Å². The minimum absolute atomic E-state index is 0.424. The molecule has 0 radical (unpaired) electrons. The summed E-state index contributed by atoms with van der Waals surface area (Å²) in [6.07, 6.45) is 3.36. The van der Waals surface area contributed by atoms with Crippen LogP contribution in [0, 0.1) is 0 Å². The number of hydrogen-bond acceptors (Lipinski definition) is 3. The van der Waals surface area contributed by atoms with Gasteiger partial charge >= 0.3 is 0 Å². The summed E-state index contributed by atoms with van der Waals surface area (Å²) >= 11 is 0. The second-order valence-electron chi connectivity index (χ2n) is 3.73. The Kier molecular flexibility index (Phi) is 2.50. The van der Waals surface area contributed by atoms with E-state index in [1.54, 1.807) is 12.5 Å². The van der Waals surface area contributed by atoms with Crippen molar-refractivity contribution >= 4 is 10.9 Å². The number of aromatic nitrogens is 1. The molecule has 17 heavy (non-hydrogen) atoms. The van der Waals surface area contributed by atoms with E-state index in [9.17, 15) is 0 Å². The van der Waals surface area contributed by atoms with E-state index >= 15 is 0 Å². The van der Waals surface area contributed by atoms with Crippen LogP contribution in [0.4, 0.5) is 0 Å². The van der Waals surface area contributed by atoms with Gasteiger partial charge < -0.3 is 9.15 Å². The van der Waals surface area contributed by atoms with Gasteiger partial charge in [0.25, 0.3) is 0 Å². The van der Waals surface area contributed by atoms with E-state index in [-0.39, 0.29) is 0 Å². The number of furan rings is 1. The molecule has 84 valence electrons. The largest absolute Gasteiger partial charge is 0.484 e. The van der Waals surface area contributed by atoms with Gasteiger partial charge in [-0.25, -0.2) is 0 Å². The SMILES string of the molecule is c1coc(COc2cnc3ccccc3c2)c1. The lowest BCUT2D eigenvalue weighted by Crippen LogP contribution is -1.94. The van der Waals surface area contributed by atoms with E-state index in [0.29, 0.717) is 6.61 Å². The fourth-order valence-electron chi connectivity index (χ4n) is 1.68. The van der Waals surface area contributed by atoms with E-state index in [2.05, 4.69) is 4.98 Å². The van der Waals surface area contributed by atoms with E-state index < -0.39 is 0 Å². The maximum atomic E-state index is 5.60. The Morgan fingerprint density at radius 3 is 2.94 bits per heavy atom. The average molecular weight is 225 g/mol. The minimum atomic E-state index is 0.424. The van der Waals surface area contributed by atoms with Crippen LogP contribution in [-0.4, -0.2) is 4.98 Å². The third-order valence-electron chi connectivity index (χ3n) is 2.53. The van der Waals surface area contributed by atoms with Crippen molar-refractivity contribution in [1.82, 2.24) is 4.98 Å². The lowest BCUT2D eigenvalue weighted by atomic mass is 10.2. The van der Waals surface area contributed by atoms with Crippen LogP contribution in [-0.2, 0) is 6.61 Å². The van der Waals surface area contributed by atoms with Crippen molar-refractivity contribution in [2.75, 3.05) is 0 Å². The molecule has 0 aliphatic heterocycles. The lowest BCUT2D eigenvalue weighted by molar-refractivity contribution is 0.270. The topological polar surface area (TPSA) is 35.3 Å². The molecule has 0 saturated carbocycles. The number of para-hydroxylation sites is 1. The van der Waals surface area contributed by atoms with Crippen LogP contribution in [0.25, 0.3) is 10.9 Å².